The number of sulfonamides is 1. The van der Waals surface area contributed by atoms with Crippen LogP contribution in [0.1, 0.15) is 25.7 Å². The predicted octanol–water partition coefficient (Wildman–Crippen LogP) is 1.64. The van der Waals surface area contributed by atoms with Gasteiger partial charge in [-0.15, -0.1) is 11.3 Å². The Balaban J connectivity index is 1.36. The van der Waals surface area contributed by atoms with E-state index in [1.54, 1.807) is 21.8 Å². The molecule has 0 aliphatic carbocycles. The van der Waals surface area contributed by atoms with Crippen LogP contribution >= 0.6 is 11.3 Å². The van der Waals surface area contributed by atoms with Gasteiger partial charge in [-0.2, -0.15) is 19.3 Å². The van der Waals surface area contributed by atoms with Crippen molar-refractivity contribution in [1.82, 2.24) is 19.3 Å². The van der Waals surface area contributed by atoms with Gasteiger partial charge in [0.15, 0.2) is 0 Å². The molecule has 162 valence electrons. The van der Waals surface area contributed by atoms with E-state index in [0.29, 0.717) is 36.3 Å². The largest absolute Gasteiger partial charge is 0.341 e. The van der Waals surface area contributed by atoms with Gasteiger partial charge in [-0.1, -0.05) is 6.07 Å². The van der Waals surface area contributed by atoms with Crippen molar-refractivity contribution in [2.24, 2.45) is 0 Å². The summed E-state index contributed by atoms with van der Waals surface area (Å²) in [5, 5.41) is 1.80. The Labute approximate surface area is 181 Å². The fraction of sp³-hybridized carbons (Fsp3) is 0.632. The first kappa shape index (κ1) is 20.0. The second kappa shape index (κ2) is 8.27. The molecule has 2 aromatic heterocycles. The molecule has 30 heavy (non-hydrogen) atoms. The Morgan fingerprint density at radius 1 is 0.700 bits per heavy atom. The second-order valence-electron chi connectivity index (χ2n) is 7.95. The molecule has 0 spiro atoms. The fourth-order valence-corrected chi connectivity index (χ4v) is 6.83. The van der Waals surface area contributed by atoms with Crippen LogP contribution in [0.15, 0.2) is 21.7 Å². The van der Waals surface area contributed by atoms with E-state index in [1.165, 1.54) is 37.0 Å². The maximum atomic E-state index is 12.8. The average Bonchev–Trinajstić information content (AvgIpc) is 3.56. The Morgan fingerprint density at radius 2 is 1.17 bits per heavy atom. The number of rotatable bonds is 5. The summed E-state index contributed by atoms with van der Waals surface area (Å²) in [6, 6.07) is 3.45. The SMILES string of the molecule is O=S(=O)(c1cccs1)N1CCN(c2nc(N3CCCC3)nc(N3CCCC3)n2)CC1. The zero-order valence-electron chi connectivity index (χ0n) is 17.0. The van der Waals surface area contributed by atoms with E-state index in [1.807, 2.05) is 0 Å². The maximum Gasteiger partial charge on any atom is 0.252 e. The van der Waals surface area contributed by atoms with E-state index in [4.69, 9.17) is 15.0 Å². The molecule has 0 unspecified atom stereocenters. The molecular weight excluding hydrogens is 422 g/mol. The third-order valence-corrected chi connectivity index (χ3v) is 9.26. The molecule has 3 saturated heterocycles. The summed E-state index contributed by atoms with van der Waals surface area (Å²) >= 11 is 1.27. The zero-order chi connectivity index (χ0) is 20.6. The second-order valence-corrected chi connectivity index (χ2v) is 11.1. The highest BCUT2D eigenvalue weighted by Crippen LogP contribution is 2.26. The fourth-order valence-electron chi connectivity index (χ4n) is 4.27. The molecule has 0 atom stereocenters. The van der Waals surface area contributed by atoms with Gasteiger partial charge in [-0.3, -0.25) is 0 Å². The Morgan fingerprint density at radius 3 is 1.60 bits per heavy atom. The number of hydrogen-bond donors (Lipinski definition) is 0. The van der Waals surface area contributed by atoms with Crippen molar-refractivity contribution in [2.75, 3.05) is 67.1 Å². The Hall–Kier alpha value is -1.98. The number of anilines is 3. The minimum absolute atomic E-state index is 0.406. The van der Waals surface area contributed by atoms with Crippen LogP contribution in [0.2, 0.25) is 0 Å². The molecule has 5 heterocycles. The smallest absolute Gasteiger partial charge is 0.252 e. The van der Waals surface area contributed by atoms with Crippen LogP contribution in [0.5, 0.6) is 0 Å². The summed E-state index contributed by atoms with van der Waals surface area (Å²) in [4.78, 5) is 20.9. The summed E-state index contributed by atoms with van der Waals surface area (Å²) in [6.45, 7) is 5.95. The highest BCUT2D eigenvalue weighted by molar-refractivity contribution is 7.91. The molecule has 3 aliphatic rings. The third-order valence-electron chi connectivity index (χ3n) is 5.99. The molecule has 0 saturated carbocycles. The minimum atomic E-state index is -3.41. The van der Waals surface area contributed by atoms with Gasteiger partial charge in [0.1, 0.15) is 4.21 Å². The van der Waals surface area contributed by atoms with Gasteiger partial charge in [-0.05, 0) is 37.1 Å². The summed E-state index contributed by atoms with van der Waals surface area (Å²) in [5.41, 5.74) is 0. The number of hydrogen-bond acceptors (Lipinski definition) is 9. The van der Waals surface area contributed by atoms with Gasteiger partial charge >= 0.3 is 0 Å². The summed E-state index contributed by atoms with van der Waals surface area (Å²) in [5.74, 6) is 2.18. The molecule has 0 bridgehead atoms. The lowest BCUT2D eigenvalue weighted by atomic mass is 10.4. The van der Waals surface area contributed by atoms with Crippen LogP contribution in [-0.2, 0) is 10.0 Å². The molecule has 0 N–H and O–H groups in total. The molecule has 0 radical (unpaired) electrons. The molecule has 3 fully saturated rings. The monoisotopic (exact) mass is 449 g/mol. The Kier molecular flexibility index (Phi) is 5.50. The maximum absolute atomic E-state index is 12.8. The lowest BCUT2D eigenvalue weighted by Crippen LogP contribution is -2.49. The van der Waals surface area contributed by atoms with E-state index in [-0.39, 0.29) is 0 Å². The van der Waals surface area contributed by atoms with Crippen LogP contribution in [-0.4, -0.2) is 80.0 Å². The van der Waals surface area contributed by atoms with Crippen molar-refractivity contribution >= 4 is 39.2 Å². The first-order chi connectivity index (χ1) is 14.6. The zero-order valence-corrected chi connectivity index (χ0v) is 18.6. The van der Waals surface area contributed by atoms with Crippen molar-refractivity contribution in [2.45, 2.75) is 29.9 Å². The van der Waals surface area contributed by atoms with E-state index < -0.39 is 10.0 Å². The van der Waals surface area contributed by atoms with Crippen molar-refractivity contribution in [1.29, 1.82) is 0 Å². The topological polar surface area (TPSA) is 85.8 Å². The van der Waals surface area contributed by atoms with E-state index >= 15 is 0 Å². The lowest BCUT2D eigenvalue weighted by molar-refractivity contribution is 0.383. The van der Waals surface area contributed by atoms with Crippen molar-refractivity contribution in [3.8, 4) is 0 Å². The third kappa shape index (κ3) is 3.85. The van der Waals surface area contributed by atoms with Gasteiger partial charge in [0.2, 0.25) is 17.8 Å². The van der Waals surface area contributed by atoms with Gasteiger partial charge in [0, 0.05) is 52.4 Å². The normalized spacial score (nSPS) is 21.0. The summed E-state index contributed by atoms with van der Waals surface area (Å²) < 4.78 is 27.6. The predicted molar refractivity (Wildman–Crippen MR) is 118 cm³/mol. The minimum Gasteiger partial charge on any atom is -0.341 e. The molecule has 9 nitrogen and oxygen atoms in total. The van der Waals surface area contributed by atoms with Gasteiger partial charge in [-0.25, -0.2) is 8.42 Å². The van der Waals surface area contributed by atoms with E-state index in [9.17, 15) is 8.42 Å². The van der Waals surface area contributed by atoms with E-state index in [0.717, 1.165) is 38.1 Å². The first-order valence-electron chi connectivity index (χ1n) is 10.7. The molecule has 0 amide bonds. The van der Waals surface area contributed by atoms with Crippen molar-refractivity contribution < 1.29 is 8.42 Å². The standard InChI is InChI=1S/C19H27N7O2S2/c27-30(28,16-6-5-15-29-16)26-13-11-25(12-14-26)19-21-17(23-7-1-2-8-23)20-18(22-19)24-9-3-4-10-24/h5-6,15H,1-4,7-14H2. The number of thiophene rings is 1. The molecule has 2 aromatic rings. The Bertz CT molecular complexity index is 929. The van der Waals surface area contributed by atoms with Crippen molar-refractivity contribution in [3.05, 3.63) is 17.5 Å². The molecule has 3 aliphatic heterocycles. The summed E-state index contributed by atoms with van der Waals surface area (Å²) in [6.07, 6.45) is 4.66. The molecule has 11 heteroatoms. The van der Waals surface area contributed by atoms with Gasteiger partial charge in [0.05, 0.1) is 0 Å². The van der Waals surface area contributed by atoms with Crippen LogP contribution in [0.3, 0.4) is 0 Å². The summed E-state index contributed by atoms with van der Waals surface area (Å²) in [7, 11) is -3.41. The van der Waals surface area contributed by atoms with E-state index in [2.05, 4.69) is 14.7 Å². The highest BCUT2D eigenvalue weighted by Gasteiger charge is 2.31. The van der Waals surface area contributed by atoms with Crippen LogP contribution in [0.25, 0.3) is 0 Å². The molecule has 5 rings (SSSR count). The molecular formula is C19H27N7O2S2. The van der Waals surface area contributed by atoms with Crippen LogP contribution < -0.4 is 14.7 Å². The van der Waals surface area contributed by atoms with Gasteiger partial charge < -0.3 is 14.7 Å². The highest BCUT2D eigenvalue weighted by atomic mass is 32.2. The van der Waals surface area contributed by atoms with Gasteiger partial charge in [0.25, 0.3) is 10.0 Å². The molecule has 0 aromatic carbocycles. The van der Waals surface area contributed by atoms with Crippen LogP contribution in [0, 0.1) is 0 Å². The van der Waals surface area contributed by atoms with Crippen molar-refractivity contribution in [3.63, 3.8) is 0 Å². The number of aromatic nitrogens is 3. The van der Waals surface area contributed by atoms with Crippen LogP contribution in [0.4, 0.5) is 17.8 Å². The average molecular weight is 450 g/mol. The number of nitrogens with zero attached hydrogens (tertiary/aromatic N) is 7. The number of piperazine rings is 1. The lowest BCUT2D eigenvalue weighted by Gasteiger charge is -2.34. The quantitative estimate of drug-likeness (QED) is 0.681. The first-order valence-corrected chi connectivity index (χ1v) is 13.0.